The molecule has 1 aliphatic heterocycles. The molecule has 0 N–H and O–H groups in total. The largest absolute Gasteiger partial charge is 0.334 e. The monoisotopic (exact) mass is 411 g/mol. The summed E-state index contributed by atoms with van der Waals surface area (Å²) in [5, 5.41) is 5.15. The number of amides is 1. The first-order valence-electron chi connectivity index (χ1n) is 12.4. The molecule has 1 aromatic heterocycles. The second kappa shape index (κ2) is 7.80. The van der Waals surface area contributed by atoms with Crippen LogP contribution in [0, 0.1) is 11.3 Å². The van der Waals surface area contributed by atoms with Gasteiger partial charge in [-0.25, -0.2) is 0 Å². The van der Waals surface area contributed by atoms with Crippen molar-refractivity contribution in [2.45, 2.75) is 109 Å². The normalized spacial score (nSPS) is 27.6. The smallest absolute Gasteiger partial charge is 0.226 e. The summed E-state index contributed by atoms with van der Waals surface area (Å²) in [5.41, 5.74) is 2.97. The van der Waals surface area contributed by atoms with Crippen molar-refractivity contribution in [3.63, 3.8) is 0 Å². The first kappa shape index (κ1) is 20.3. The van der Waals surface area contributed by atoms with Crippen LogP contribution in [-0.2, 0) is 11.2 Å². The maximum absolute atomic E-state index is 13.4. The number of Topliss-reactive ketones (excluding diaryl/α,β-unsaturated/α-hetero) is 1. The second-order valence-electron chi connectivity index (χ2n) is 11.1. The summed E-state index contributed by atoms with van der Waals surface area (Å²) >= 11 is 0. The van der Waals surface area contributed by atoms with Crippen molar-refractivity contribution >= 4 is 11.7 Å². The molecule has 2 saturated carbocycles. The molecule has 1 amide bonds. The summed E-state index contributed by atoms with van der Waals surface area (Å²) in [6.07, 6.45) is 14.0. The highest BCUT2D eigenvalue weighted by atomic mass is 16.2. The lowest BCUT2D eigenvalue weighted by atomic mass is 9.75. The zero-order valence-electron chi connectivity index (χ0n) is 18.8. The van der Waals surface area contributed by atoms with E-state index in [4.69, 9.17) is 5.10 Å². The number of ketones is 1. The molecule has 0 bridgehead atoms. The fraction of sp³-hybridized carbons (Fsp3) is 0.800. The van der Waals surface area contributed by atoms with Crippen molar-refractivity contribution in [2.75, 3.05) is 6.54 Å². The van der Waals surface area contributed by atoms with E-state index in [2.05, 4.69) is 23.4 Å². The highest BCUT2D eigenvalue weighted by Gasteiger charge is 2.43. The number of fused-ring (bicyclic) bond motifs is 1. The van der Waals surface area contributed by atoms with Crippen molar-refractivity contribution in [1.82, 2.24) is 14.7 Å². The van der Waals surface area contributed by atoms with Crippen molar-refractivity contribution in [2.24, 2.45) is 11.3 Å². The summed E-state index contributed by atoms with van der Waals surface area (Å²) < 4.78 is 2.23. The third-order valence-corrected chi connectivity index (χ3v) is 8.08. The van der Waals surface area contributed by atoms with E-state index >= 15 is 0 Å². The Labute approximate surface area is 180 Å². The van der Waals surface area contributed by atoms with Crippen molar-refractivity contribution < 1.29 is 9.59 Å². The molecule has 5 nitrogen and oxygen atoms in total. The lowest BCUT2D eigenvalue weighted by molar-refractivity contribution is -0.137. The first-order chi connectivity index (χ1) is 14.4. The van der Waals surface area contributed by atoms with E-state index in [1.165, 1.54) is 32.1 Å². The van der Waals surface area contributed by atoms with Gasteiger partial charge >= 0.3 is 0 Å². The van der Waals surface area contributed by atoms with Gasteiger partial charge in [-0.05, 0) is 50.4 Å². The minimum atomic E-state index is -0.00891. The van der Waals surface area contributed by atoms with Gasteiger partial charge in [0.05, 0.1) is 29.0 Å². The Morgan fingerprint density at radius 1 is 0.933 bits per heavy atom. The molecule has 1 saturated heterocycles. The van der Waals surface area contributed by atoms with E-state index in [-0.39, 0.29) is 23.2 Å². The maximum atomic E-state index is 13.4. The molecule has 5 rings (SSSR count). The molecule has 2 heterocycles. The average Bonchev–Trinajstić information content (AvgIpc) is 3.46. The molecular formula is C25H37N3O2. The van der Waals surface area contributed by atoms with Crippen LogP contribution in [0.1, 0.15) is 125 Å². The zero-order valence-corrected chi connectivity index (χ0v) is 18.8. The summed E-state index contributed by atoms with van der Waals surface area (Å²) in [7, 11) is 0. The number of carbonyl (C=O) groups is 2. The van der Waals surface area contributed by atoms with Gasteiger partial charge in [-0.3, -0.25) is 14.3 Å². The SMILES string of the molecule is CC1(C)CC(=O)c2c([C@@H]3CCCN3C(=O)C3CCCCC3)nn(C3CCCC3)c2C1. The minimum absolute atomic E-state index is 0.000918. The highest BCUT2D eigenvalue weighted by molar-refractivity contribution is 6.00. The van der Waals surface area contributed by atoms with Crippen molar-refractivity contribution in [1.29, 1.82) is 0 Å². The van der Waals surface area contributed by atoms with E-state index in [0.717, 1.165) is 68.4 Å². The molecule has 0 aromatic carbocycles. The topological polar surface area (TPSA) is 55.2 Å². The predicted molar refractivity (Wildman–Crippen MR) is 116 cm³/mol. The van der Waals surface area contributed by atoms with Crippen LogP contribution in [0.2, 0.25) is 0 Å². The number of nitrogens with zero attached hydrogens (tertiary/aromatic N) is 3. The highest BCUT2D eigenvalue weighted by Crippen LogP contribution is 2.44. The number of carbonyl (C=O) groups excluding carboxylic acids is 2. The predicted octanol–water partition coefficient (Wildman–Crippen LogP) is 5.40. The Morgan fingerprint density at radius 3 is 2.37 bits per heavy atom. The van der Waals surface area contributed by atoms with Crippen LogP contribution in [-0.4, -0.2) is 32.9 Å². The van der Waals surface area contributed by atoms with Gasteiger partial charge in [-0.1, -0.05) is 46.0 Å². The third-order valence-electron chi connectivity index (χ3n) is 8.08. The number of hydrogen-bond acceptors (Lipinski definition) is 3. The Balaban J connectivity index is 1.52. The number of aromatic nitrogens is 2. The fourth-order valence-electron chi connectivity index (χ4n) is 6.58. The van der Waals surface area contributed by atoms with Crippen LogP contribution < -0.4 is 0 Å². The molecular weight excluding hydrogens is 374 g/mol. The van der Waals surface area contributed by atoms with Crippen LogP contribution in [0.4, 0.5) is 0 Å². The van der Waals surface area contributed by atoms with Crippen molar-refractivity contribution in [3.05, 3.63) is 17.0 Å². The van der Waals surface area contributed by atoms with Gasteiger partial charge in [-0.2, -0.15) is 5.10 Å². The minimum Gasteiger partial charge on any atom is -0.334 e. The lowest BCUT2D eigenvalue weighted by Crippen LogP contribution is -2.37. The molecule has 3 aliphatic carbocycles. The van der Waals surface area contributed by atoms with Gasteiger partial charge in [0, 0.05) is 18.9 Å². The fourth-order valence-corrected chi connectivity index (χ4v) is 6.58. The number of rotatable bonds is 3. The zero-order chi connectivity index (χ0) is 20.9. The number of likely N-dealkylation sites (tertiary alicyclic amines) is 1. The molecule has 164 valence electrons. The van der Waals surface area contributed by atoms with E-state index < -0.39 is 0 Å². The average molecular weight is 412 g/mol. The van der Waals surface area contributed by atoms with E-state index in [1.54, 1.807) is 0 Å². The molecule has 5 heteroatoms. The molecule has 0 unspecified atom stereocenters. The second-order valence-corrected chi connectivity index (χ2v) is 11.1. The molecule has 4 aliphatic rings. The Bertz CT molecular complexity index is 828. The van der Waals surface area contributed by atoms with E-state index in [0.29, 0.717) is 18.4 Å². The third kappa shape index (κ3) is 3.52. The van der Waals surface area contributed by atoms with Crippen LogP contribution in [0.25, 0.3) is 0 Å². The summed E-state index contributed by atoms with van der Waals surface area (Å²) in [6.45, 7) is 5.23. The standard InChI is InChI=1S/C25H37N3O2/c1-25(2)15-20-22(21(29)16-25)23(26-28(20)18-11-6-7-12-18)19-13-8-14-27(19)24(30)17-9-4-3-5-10-17/h17-19H,3-16H2,1-2H3/t19-/m0/s1. The van der Waals surface area contributed by atoms with Gasteiger partial charge in [-0.15, -0.1) is 0 Å². The number of hydrogen-bond donors (Lipinski definition) is 0. The van der Waals surface area contributed by atoms with Crippen LogP contribution in [0.15, 0.2) is 0 Å². The van der Waals surface area contributed by atoms with Gasteiger partial charge in [0.1, 0.15) is 0 Å². The Kier molecular flexibility index (Phi) is 5.27. The first-order valence-corrected chi connectivity index (χ1v) is 12.4. The summed E-state index contributed by atoms with van der Waals surface area (Å²) in [6, 6.07) is 0.430. The van der Waals surface area contributed by atoms with E-state index in [1.807, 2.05) is 0 Å². The van der Waals surface area contributed by atoms with Crippen molar-refractivity contribution in [3.8, 4) is 0 Å². The lowest BCUT2D eigenvalue weighted by Gasteiger charge is -2.32. The molecule has 0 spiro atoms. The Morgan fingerprint density at radius 2 is 1.63 bits per heavy atom. The molecule has 1 atom stereocenters. The van der Waals surface area contributed by atoms with Crippen LogP contribution >= 0.6 is 0 Å². The Hall–Kier alpha value is -1.65. The molecule has 30 heavy (non-hydrogen) atoms. The molecule has 3 fully saturated rings. The molecule has 0 radical (unpaired) electrons. The van der Waals surface area contributed by atoms with Gasteiger partial charge in [0.15, 0.2) is 5.78 Å². The van der Waals surface area contributed by atoms with Gasteiger partial charge < -0.3 is 4.90 Å². The quantitative estimate of drug-likeness (QED) is 0.669. The summed E-state index contributed by atoms with van der Waals surface area (Å²) in [5.74, 6) is 0.754. The maximum Gasteiger partial charge on any atom is 0.226 e. The molecule has 1 aromatic rings. The van der Waals surface area contributed by atoms with Crippen LogP contribution in [0.5, 0.6) is 0 Å². The van der Waals surface area contributed by atoms with E-state index in [9.17, 15) is 9.59 Å². The summed E-state index contributed by atoms with van der Waals surface area (Å²) in [4.78, 5) is 28.8. The van der Waals surface area contributed by atoms with Gasteiger partial charge in [0.2, 0.25) is 5.91 Å². The van der Waals surface area contributed by atoms with Gasteiger partial charge in [0.25, 0.3) is 0 Å². The van der Waals surface area contributed by atoms with Crippen LogP contribution in [0.3, 0.4) is 0 Å².